The van der Waals surface area contributed by atoms with Gasteiger partial charge in [0.1, 0.15) is 6.26 Å². The molecule has 2 heterocycles. The molecular weight excluding hydrogens is 294 g/mol. The molecule has 0 bridgehead atoms. The number of hydrogen-bond donors (Lipinski definition) is 1. The molecule has 7 nitrogen and oxygen atoms in total. The minimum absolute atomic E-state index is 0.0457. The lowest BCUT2D eigenvalue weighted by Gasteiger charge is -2.21. The monoisotopic (exact) mass is 311 g/mol. The molecule has 114 valence electrons. The van der Waals surface area contributed by atoms with E-state index < -0.39 is 10.0 Å². The number of carbonyl (C=O) groups excluding carboxylic acids is 1. The van der Waals surface area contributed by atoms with Crippen LogP contribution in [0.3, 0.4) is 0 Å². The summed E-state index contributed by atoms with van der Waals surface area (Å²) < 4.78 is 30.2. The summed E-state index contributed by atoms with van der Waals surface area (Å²) in [6, 6.07) is 1.21. The average Bonchev–Trinajstić information content (AvgIpc) is 3.00. The average molecular weight is 311 g/mol. The Bertz CT molecular complexity index is 636. The van der Waals surface area contributed by atoms with Gasteiger partial charge in [-0.3, -0.25) is 4.79 Å². The Labute approximate surface area is 123 Å². The number of hydrogen-bond acceptors (Lipinski definition) is 5. The van der Waals surface area contributed by atoms with Crippen LogP contribution in [0.5, 0.6) is 0 Å². The van der Waals surface area contributed by atoms with Crippen molar-refractivity contribution in [2.24, 2.45) is 5.92 Å². The van der Waals surface area contributed by atoms with Crippen molar-refractivity contribution < 1.29 is 17.7 Å². The molecule has 3 rings (SSSR count). The van der Waals surface area contributed by atoms with Crippen molar-refractivity contribution in [2.45, 2.75) is 31.3 Å². The summed E-state index contributed by atoms with van der Waals surface area (Å²) in [6.45, 7) is 3.66. The van der Waals surface area contributed by atoms with Crippen molar-refractivity contribution in [3.8, 4) is 0 Å². The second kappa shape index (κ2) is 5.27. The van der Waals surface area contributed by atoms with Crippen molar-refractivity contribution in [2.75, 3.05) is 6.54 Å². The Morgan fingerprint density at radius 2 is 2.29 bits per heavy atom. The third-order valence-electron chi connectivity index (χ3n) is 4.01. The van der Waals surface area contributed by atoms with Crippen molar-refractivity contribution in [1.29, 1.82) is 0 Å². The van der Waals surface area contributed by atoms with E-state index in [0.29, 0.717) is 12.3 Å². The quantitative estimate of drug-likeness (QED) is 0.865. The van der Waals surface area contributed by atoms with Gasteiger partial charge in [-0.05, 0) is 25.2 Å². The predicted molar refractivity (Wildman–Crippen MR) is 74.7 cm³/mol. The van der Waals surface area contributed by atoms with E-state index in [1.165, 1.54) is 16.6 Å². The lowest BCUT2D eigenvalue weighted by molar-refractivity contribution is 0.0929. The van der Waals surface area contributed by atoms with Crippen LogP contribution in [0.1, 0.15) is 29.8 Å². The molecule has 0 aromatic carbocycles. The van der Waals surface area contributed by atoms with Crippen molar-refractivity contribution in [1.82, 2.24) is 14.8 Å². The van der Waals surface area contributed by atoms with Crippen LogP contribution in [-0.2, 0) is 10.0 Å². The lowest BCUT2D eigenvalue weighted by Crippen LogP contribution is -2.39. The highest BCUT2D eigenvalue weighted by molar-refractivity contribution is 7.92. The van der Waals surface area contributed by atoms with Crippen LogP contribution >= 0.6 is 0 Å². The molecule has 1 aliphatic carbocycles. The maximum atomic E-state index is 12.1. The highest BCUT2D eigenvalue weighted by Crippen LogP contribution is 2.41. The molecule has 1 aliphatic heterocycles. The van der Waals surface area contributed by atoms with E-state index in [9.17, 15) is 13.2 Å². The molecular formula is C13H17N3O4S. The Balaban J connectivity index is 1.71. The molecule has 21 heavy (non-hydrogen) atoms. The van der Waals surface area contributed by atoms with Gasteiger partial charge in [0.15, 0.2) is 5.69 Å². The van der Waals surface area contributed by atoms with Crippen molar-refractivity contribution >= 4 is 15.9 Å². The summed E-state index contributed by atoms with van der Waals surface area (Å²) in [5.74, 6) is 0.0508. The van der Waals surface area contributed by atoms with Gasteiger partial charge in [0.05, 0.1) is 0 Å². The topological polar surface area (TPSA) is 92.5 Å². The molecule has 2 unspecified atom stereocenters. The van der Waals surface area contributed by atoms with Crippen LogP contribution in [0.2, 0.25) is 0 Å². The number of amides is 1. The van der Waals surface area contributed by atoms with E-state index in [1.807, 2.05) is 0 Å². The molecule has 2 fully saturated rings. The molecule has 1 N–H and O–H groups in total. The normalized spacial score (nSPS) is 26.7. The van der Waals surface area contributed by atoms with Gasteiger partial charge < -0.3 is 9.84 Å². The second-order valence-electron chi connectivity index (χ2n) is 5.48. The summed E-state index contributed by atoms with van der Waals surface area (Å²) >= 11 is 0. The summed E-state index contributed by atoms with van der Waals surface area (Å²) in [6.07, 6.45) is 4.03. The molecule has 2 atom stereocenters. The van der Waals surface area contributed by atoms with Crippen LogP contribution in [0, 0.1) is 5.92 Å². The Morgan fingerprint density at radius 3 is 2.86 bits per heavy atom. The standard InChI is InChI=1S/C13H17N3O4S/c1-2-21(18,19)16-8-10(7-12(16)9-3-4-9)14-13(17)11-5-6-20-15-11/h2,5-6,9-10,12H,1,3-4,7-8H2,(H,14,17). The Morgan fingerprint density at radius 1 is 1.52 bits per heavy atom. The minimum atomic E-state index is -3.46. The van der Waals surface area contributed by atoms with Gasteiger partial charge in [-0.25, -0.2) is 8.42 Å². The number of nitrogens with one attached hydrogen (secondary N) is 1. The summed E-state index contributed by atoms with van der Waals surface area (Å²) in [5, 5.41) is 7.37. The van der Waals surface area contributed by atoms with Crippen LogP contribution in [0.15, 0.2) is 28.8 Å². The largest absolute Gasteiger partial charge is 0.364 e. The highest BCUT2D eigenvalue weighted by atomic mass is 32.2. The maximum Gasteiger partial charge on any atom is 0.273 e. The summed E-state index contributed by atoms with van der Waals surface area (Å²) in [7, 11) is -3.46. The van der Waals surface area contributed by atoms with Crippen LogP contribution < -0.4 is 5.32 Å². The number of sulfonamides is 1. The van der Waals surface area contributed by atoms with Gasteiger partial charge in [0, 0.05) is 30.1 Å². The van der Waals surface area contributed by atoms with Gasteiger partial charge in [-0.1, -0.05) is 11.7 Å². The molecule has 0 spiro atoms. The Kier molecular flexibility index (Phi) is 3.58. The minimum Gasteiger partial charge on any atom is -0.364 e. The smallest absolute Gasteiger partial charge is 0.273 e. The highest BCUT2D eigenvalue weighted by Gasteiger charge is 2.46. The number of nitrogens with zero attached hydrogens (tertiary/aromatic N) is 2. The molecule has 1 aromatic heterocycles. The van der Waals surface area contributed by atoms with E-state index in [-0.39, 0.29) is 30.2 Å². The first kappa shape index (κ1) is 14.3. The lowest BCUT2D eigenvalue weighted by atomic mass is 10.1. The van der Waals surface area contributed by atoms with Gasteiger partial charge in [-0.15, -0.1) is 0 Å². The summed E-state index contributed by atoms with van der Waals surface area (Å²) in [5.41, 5.74) is 0.197. The van der Waals surface area contributed by atoms with Crippen LogP contribution in [0.4, 0.5) is 0 Å². The van der Waals surface area contributed by atoms with E-state index in [4.69, 9.17) is 0 Å². The maximum absolute atomic E-state index is 12.1. The fourth-order valence-electron chi connectivity index (χ4n) is 2.83. The van der Waals surface area contributed by atoms with Crippen LogP contribution in [-0.4, -0.2) is 42.4 Å². The van der Waals surface area contributed by atoms with E-state index >= 15 is 0 Å². The van der Waals surface area contributed by atoms with Gasteiger partial charge in [0.2, 0.25) is 10.0 Å². The van der Waals surface area contributed by atoms with E-state index in [1.54, 1.807) is 0 Å². The predicted octanol–water partition coefficient (Wildman–Crippen LogP) is 0.731. The first-order chi connectivity index (χ1) is 10.0. The first-order valence-corrected chi connectivity index (χ1v) is 8.37. The van der Waals surface area contributed by atoms with Gasteiger partial charge >= 0.3 is 0 Å². The molecule has 1 aromatic rings. The molecule has 1 saturated heterocycles. The second-order valence-corrected chi connectivity index (χ2v) is 7.31. The van der Waals surface area contributed by atoms with E-state index in [2.05, 4.69) is 21.6 Å². The first-order valence-electron chi connectivity index (χ1n) is 6.87. The van der Waals surface area contributed by atoms with Crippen molar-refractivity contribution in [3.05, 3.63) is 30.0 Å². The molecule has 2 aliphatic rings. The SMILES string of the molecule is C=CS(=O)(=O)N1CC(NC(=O)c2ccon2)CC1C1CC1. The van der Waals surface area contributed by atoms with Crippen molar-refractivity contribution in [3.63, 3.8) is 0 Å². The third-order valence-corrected chi connectivity index (χ3v) is 5.50. The van der Waals surface area contributed by atoms with Gasteiger partial charge in [-0.2, -0.15) is 4.31 Å². The zero-order valence-corrected chi connectivity index (χ0v) is 12.3. The molecule has 1 saturated carbocycles. The van der Waals surface area contributed by atoms with E-state index in [0.717, 1.165) is 18.2 Å². The Hall–Kier alpha value is -1.67. The molecule has 8 heteroatoms. The zero-order chi connectivity index (χ0) is 15.0. The van der Waals surface area contributed by atoms with Gasteiger partial charge in [0.25, 0.3) is 5.91 Å². The number of aromatic nitrogens is 1. The fourth-order valence-corrected chi connectivity index (χ4v) is 4.04. The zero-order valence-electron chi connectivity index (χ0n) is 11.4. The molecule has 1 amide bonds. The summed E-state index contributed by atoms with van der Waals surface area (Å²) in [4.78, 5) is 12.0. The number of rotatable bonds is 5. The number of carbonyl (C=O) groups is 1. The molecule has 0 radical (unpaired) electrons. The fraction of sp³-hybridized carbons (Fsp3) is 0.538. The van der Waals surface area contributed by atoms with Crippen LogP contribution in [0.25, 0.3) is 0 Å². The third kappa shape index (κ3) is 2.86.